The number of hydrogen-bond acceptors (Lipinski definition) is 6. The monoisotopic (exact) mass is 370 g/mol. The van der Waals surface area contributed by atoms with Crippen molar-refractivity contribution in [3.63, 3.8) is 0 Å². The predicted molar refractivity (Wildman–Crippen MR) is 103 cm³/mol. The van der Waals surface area contributed by atoms with Gasteiger partial charge in [-0.15, -0.1) is 0 Å². The number of ether oxygens (including phenoxy) is 3. The summed E-state index contributed by atoms with van der Waals surface area (Å²) in [7, 11) is 4.71. The third-order valence-electron chi connectivity index (χ3n) is 3.86. The standard InChI is InChI=1S/C19H18N2O4S/c1-23-14-7-5-13(6-8-14)21-18(22)17(26-19(21)20)11-12-4-9-15(24-2)16(10-12)25-3/h4-11,20H,1-3H3/b17-11-,20-19?. The van der Waals surface area contributed by atoms with Crippen LogP contribution in [0.4, 0.5) is 5.69 Å². The number of amidine groups is 1. The van der Waals surface area contributed by atoms with E-state index < -0.39 is 0 Å². The molecule has 0 unspecified atom stereocenters. The van der Waals surface area contributed by atoms with E-state index in [9.17, 15) is 4.79 Å². The summed E-state index contributed by atoms with van der Waals surface area (Å²) in [5.74, 6) is 1.66. The molecule has 3 rings (SSSR count). The largest absolute Gasteiger partial charge is 0.497 e. The van der Waals surface area contributed by atoms with Gasteiger partial charge in [0.15, 0.2) is 16.7 Å². The Balaban J connectivity index is 1.89. The second-order valence-electron chi connectivity index (χ2n) is 5.37. The highest BCUT2D eigenvalue weighted by molar-refractivity contribution is 8.19. The number of anilines is 1. The lowest BCUT2D eigenvalue weighted by Gasteiger charge is -2.14. The maximum Gasteiger partial charge on any atom is 0.271 e. The Hall–Kier alpha value is -2.93. The maximum atomic E-state index is 12.8. The third-order valence-corrected chi connectivity index (χ3v) is 4.75. The van der Waals surface area contributed by atoms with E-state index in [1.54, 1.807) is 63.8 Å². The number of nitrogens with zero attached hydrogens (tertiary/aromatic N) is 1. The van der Waals surface area contributed by atoms with Crippen molar-refractivity contribution in [3.05, 3.63) is 52.9 Å². The fourth-order valence-electron chi connectivity index (χ4n) is 2.55. The molecular formula is C19H18N2O4S. The van der Waals surface area contributed by atoms with Crippen molar-refractivity contribution >= 4 is 34.6 Å². The van der Waals surface area contributed by atoms with E-state index in [-0.39, 0.29) is 11.1 Å². The molecule has 0 atom stereocenters. The summed E-state index contributed by atoms with van der Waals surface area (Å²) in [6, 6.07) is 12.4. The summed E-state index contributed by atoms with van der Waals surface area (Å²) in [6.45, 7) is 0. The van der Waals surface area contributed by atoms with Gasteiger partial charge in [-0.25, -0.2) is 0 Å². The van der Waals surface area contributed by atoms with Crippen molar-refractivity contribution in [1.29, 1.82) is 5.41 Å². The predicted octanol–water partition coefficient (Wildman–Crippen LogP) is 3.77. The number of nitrogens with one attached hydrogen (secondary N) is 1. The third kappa shape index (κ3) is 3.39. The van der Waals surface area contributed by atoms with E-state index >= 15 is 0 Å². The molecule has 1 heterocycles. The van der Waals surface area contributed by atoms with E-state index in [2.05, 4.69) is 0 Å². The molecule has 1 fully saturated rings. The van der Waals surface area contributed by atoms with Gasteiger partial charge < -0.3 is 14.2 Å². The van der Waals surface area contributed by atoms with Crippen molar-refractivity contribution < 1.29 is 19.0 Å². The van der Waals surface area contributed by atoms with Crippen LogP contribution in [0.15, 0.2) is 47.4 Å². The first kappa shape index (κ1) is 17.9. The molecule has 7 heteroatoms. The molecule has 1 N–H and O–H groups in total. The Bertz CT molecular complexity index is 878. The molecule has 26 heavy (non-hydrogen) atoms. The Morgan fingerprint density at radius 2 is 1.65 bits per heavy atom. The maximum absolute atomic E-state index is 12.8. The van der Waals surface area contributed by atoms with Crippen molar-refractivity contribution in [2.75, 3.05) is 26.2 Å². The topological polar surface area (TPSA) is 71.8 Å². The molecule has 0 aliphatic carbocycles. The molecule has 1 aliphatic rings. The number of benzene rings is 2. The molecule has 0 aromatic heterocycles. The van der Waals surface area contributed by atoms with Crippen molar-refractivity contribution in [1.82, 2.24) is 0 Å². The minimum Gasteiger partial charge on any atom is -0.497 e. The SMILES string of the molecule is COc1ccc(N2C(=N)S/C(=C\c3ccc(OC)c(OC)c3)C2=O)cc1. The second kappa shape index (κ2) is 7.53. The Labute approximate surface area is 155 Å². The quantitative estimate of drug-likeness (QED) is 0.811. The van der Waals surface area contributed by atoms with Crippen molar-refractivity contribution in [2.24, 2.45) is 0 Å². The summed E-state index contributed by atoms with van der Waals surface area (Å²) >= 11 is 1.12. The molecule has 0 bridgehead atoms. The number of thioether (sulfide) groups is 1. The van der Waals surface area contributed by atoms with Crippen LogP contribution in [0.1, 0.15) is 5.56 Å². The summed E-state index contributed by atoms with van der Waals surface area (Å²) in [5, 5.41) is 8.32. The molecule has 2 aromatic rings. The first-order valence-electron chi connectivity index (χ1n) is 7.76. The zero-order valence-corrected chi connectivity index (χ0v) is 15.4. The van der Waals surface area contributed by atoms with E-state index in [1.807, 2.05) is 6.07 Å². The first-order chi connectivity index (χ1) is 12.6. The molecule has 0 radical (unpaired) electrons. The number of carbonyl (C=O) groups is 1. The highest BCUT2D eigenvalue weighted by Gasteiger charge is 2.33. The summed E-state index contributed by atoms with van der Waals surface area (Å²) in [4.78, 5) is 14.6. The Morgan fingerprint density at radius 3 is 2.27 bits per heavy atom. The van der Waals surface area contributed by atoms with Gasteiger partial charge in [-0.3, -0.25) is 15.1 Å². The van der Waals surface area contributed by atoms with Crippen molar-refractivity contribution in [2.45, 2.75) is 0 Å². The minimum absolute atomic E-state index is 0.159. The molecule has 134 valence electrons. The van der Waals surface area contributed by atoms with E-state index in [0.29, 0.717) is 27.8 Å². The molecule has 1 amide bonds. The van der Waals surface area contributed by atoms with Crippen LogP contribution in [0, 0.1) is 5.41 Å². The van der Waals surface area contributed by atoms with Crippen LogP contribution in [0.2, 0.25) is 0 Å². The van der Waals surface area contributed by atoms with Crippen LogP contribution in [0.25, 0.3) is 6.08 Å². The zero-order valence-electron chi connectivity index (χ0n) is 14.6. The van der Waals surface area contributed by atoms with Gasteiger partial charge in [0.2, 0.25) is 0 Å². The van der Waals surface area contributed by atoms with Gasteiger partial charge in [0, 0.05) is 0 Å². The smallest absolute Gasteiger partial charge is 0.271 e. The number of methoxy groups -OCH3 is 3. The Morgan fingerprint density at radius 1 is 0.962 bits per heavy atom. The Kier molecular flexibility index (Phi) is 5.18. The number of amides is 1. The molecule has 6 nitrogen and oxygen atoms in total. The lowest BCUT2D eigenvalue weighted by atomic mass is 10.2. The molecule has 0 saturated carbocycles. The van der Waals surface area contributed by atoms with Gasteiger partial charge in [-0.05, 0) is 59.8 Å². The van der Waals surface area contributed by atoms with Gasteiger partial charge in [-0.1, -0.05) is 6.07 Å². The van der Waals surface area contributed by atoms with Crippen LogP contribution in [0.5, 0.6) is 17.2 Å². The summed E-state index contributed by atoms with van der Waals surface area (Å²) in [6.07, 6.45) is 1.74. The van der Waals surface area contributed by atoms with Gasteiger partial charge in [-0.2, -0.15) is 0 Å². The minimum atomic E-state index is -0.236. The van der Waals surface area contributed by atoms with Crippen LogP contribution >= 0.6 is 11.8 Å². The van der Waals surface area contributed by atoms with Gasteiger partial charge >= 0.3 is 0 Å². The van der Waals surface area contributed by atoms with Crippen LogP contribution in [-0.2, 0) is 4.79 Å². The number of hydrogen-bond donors (Lipinski definition) is 1. The van der Waals surface area contributed by atoms with Gasteiger partial charge in [0.1, 0.15) is 5.75 Å². The highest BCUT2D eigenvalue weighted by atomic mass is 32.2. The molecular weight excluding hydrogens is 352 g/mol. The van der Waals surface area contributed by atoms with Crippen LogP contribution in [0.3, 0.4) is 0 Å². The zero-order chi connectivity index (χ0) is 18.7. The van der Waals surface area contributed by atoms with Crippen molar-refractivity contribution in [3.8, 4) is 17.2 Å². The number of carbonyl (C=O) groups excluding carboxylic acids is 1. The lowest BCUT2D eigenvalue weighted by molar-refractivity contribution is -0.113. The summed E-state index contributed by atoms with van der Waals surface area (Å²) in [5.41, 5.74) is 1.42. The molecule has 0 spiro atoms. The molecule has 2 aromatic carbocycles. The van der Waals surface area contributed by atoms with E-state index in [4.69, 9.17) is 19.6 Å². The fourth-order valence-corrected chi connectivity index (χ4v) is 3.41. The van der Waals surface area contributed by atoms with Crippen LogP contribution in [-0.4, -0.2) is 32.4 Å². The fraction of sp³-hybridized carbons (Fsp3) is 0.158. The number of rotatable bonds is 5. The average molecular weight is 370 g/mol. The lowest BCUT2D eigenvalue weighted by Crippen LogP contribution is -2.27. The second-order valence-corrected chi connectivity index (χ2v) is 6.40. The normalized spacial score (nSPS) is 15.5. The summed E-state index contributed by atoms with van der Waals surface area (Å²) < 4.78 is 15.6. The van der Waals surface area contributed by atoms with E-state index in [0.717, 1.165) is 17.3 Å². The molecule has 1 aliphatic heterocycles. The van der Waals surface area contributed by atoms with Crippen LogP contribution < -0.4 is 19.1 Å². The first-order valence-corrected chi connectivity index (χ1v) is 8.57. The molecule has 1 saturated heterocycles. The average Bonchev–Trinajstić information content (AvgIpc) is 2.95. The highest BCUT2D eigenvalue weighted by Crippen LogP contribution is 2.36. The van der Waals surface area contributed by atoms with Gasteiger partial charge in [0.25, 0.3) is 5.91 Å². The van der Waals surface area contributed by atoms with E-state index in [1.165, 1.54) is 4.90 Å². The van der Waals surface area contributed by atoms with Gasteiger partial charge in [0.05, 0.1) is 31.9 Å².